The van der Waals surface area contributed by atoms with E-state index in [1.54, 1.807) is 37.3 Å². The van der Waals surface area contributed by atoms with Crippen LogP contribution in [0.5, 0.6) is 0 Å². The highest BCUT2D eigenvalue weighted by atomic mass is 35.5. The summed E-state index contributed by atoms with van der Waals surface area (Å²) < 4.78 is 5.35. The molecule has 0 saturated heterocycles. The van der Waals surface area contributed by atoms with Crippen LogP contribution in [-0.4, -0.2) is 23.5 Å². The van der Waals surface area contributed by atoms with Crippen molar-refractivity contribution in [3.05, 3.63) is 64.7 Å². The maximum absolute atomic E-state index is 12.4. The van der Waals surface area contributed by atoms with E-state index < -0.39 is 11.6 Å². The van der Waals surface area contributed by atoms with Crippen LogP contribution in [0.15, 0.2) is 48.5 Å². The Balaban J connectivity index is 1.96. The van der Waals surface area contributed by atoms with Crippen molar-refractivity contribution in [2.24, 2.45) is 0 Å². The van der Waals surface area contributed by atoms with Crippen molar-refractivity contribution in [3.8, 4) is 0 Å². The van der Waals surface area contributed by atoms with E-state index in [9.17, 15) is 9.59 Å². The molecule has 2 aromatic rings. The van der Waals surface area contributed by atoms with Gasteiger partial charge in [0.25, 0.3) is 5.91 Å². The topological polar surface area (TPSA) is 67.4 Å². The van der Waals surface area contributed by atoms with Crippen LogP contribution in [0.3, 0.4) is 0 Å². The lowest BCUT2D eigenvalue weighted by atomic mass is 10.1. The second-order valence-electron chi connectivity index (χ2n) is 7.27. The van der Waals surface area contributed by atoms with E-state index in [-0.39, 0.29) is 11.9 Å². The number of ether oxygens (including phenoxy) is 1. The van der Waals surface area contributed by atoms with Crippen molar-refractivity contribution in [3.63, 3.8) is 0 Å². The molecular weight excluding hydrogens is 364 g/mol. The van der Waals surface area contributed by atoms with Crippen molar-refractivity contribution >= 4 is 29.2 Å². The first kappa shape index (κ1) is 20.9. The minimum absolute atomic E-state index is 0.271. The molecule has 0 aliphatic rings. The number of carbonyl (C=O) groups is 2. The number of halogens is 1. The quantitative estimate of drug-likeness (QED) is 0.719. The summed E-state index contributed by atoms with van der Waals surface area (Å²) in [4.78, 5) is 24.4. The number of carbonyl (C=O) groups excluding carboxylic acids is 2. The van der Waals surface area contributed by atoms with Gasteiger partial charge in [0.2, 0.25) is 0 Å². The molecule has 0 aliphatic heterocycles. The fraction of sp³-hybridized carbons (Fsp3) is 0.333. The molecule has 6 heteroatoms. The molecule has 0 aromatic heterocycles. The summed E-state index contributed by atoms with van der Waals surface area (Å²) in [5, 5.41) is 6.37. The Kier molecular flexibility index (Phi) is 6.99. The molecule has 1 atom stereocenters. The molecule has 0 unspecified atom stereocenters. The smallest absolute Gasteiger partial charge is 0.323 e. The summed E-state index contributed by atoms with van der Waals surface area (Å²) in [6.45, 7) is 7.74. The summed E-state index contributed by atoms with van der Waals surface area (Å²) in [7, 11) is 0. The van der Waals surface area contributed by atoms with Crippen molar-refractivity contribution in [1.29, 1.82) is 0 Å². The molecule has 2 aromatic carbocycles. The molecule has 0 saturated carbocycles. The molecule has 5 nitrogen and oxygen atoms in total. The summed E-state index contributed by atoms with van der Waals surface area (Å²) in [5.41, 5.74) is 1.49. The molecule has 144 valence electrons. The van der Waals surface area contributed by atoms with E-state index >= 15 is 0 Å². The van der Waals surface area contributed by atoms with Crippen LogP contribution < -0.4 is 10.6 Å². The largest absolute Gasteiger partial charge is 0.459 e. The summed E-state index contributed by atoms with van der Waals surface area (Å²) >= 11 is 6.06. The van der Waals surface area contributed by atoms with Gasteiger partial charge in [-0.05, 0) is 57.5 Å². The molecule has 0 radical (unpaired) electrons. The predicted molar refractivity (Wildman–Crippen MR) is 108 cm³/mol. The van der Waals surface area contributed by atoms with E-state index in [1.807, 2.05) is 39.0 Å². The third-order valence-corrected chi connectivity index (χ3v) is 4.01. The van der Waals surface area contributed by atoms with Crippen LogP contribution in [0.1, 0.15) is 43.6 Å². The maximum Gasteiger partial charge on any atom is 0.323 e. The van der Waals surface area contributed by atoms with E-state index in [2.05, 4.69) is 10.6 Å². The highest BCUT2D eigenvalue weighted by Crippen LogP contribution is 2.18. The molecule has 0 fully saturated rings. The number of hydrogen-bond donors (Lipinski definition) is 2. The Morgan fingerprint density at radius 3 is 2.48 bits per heavy atom. The number of rotatable bonds is 6. The van der Waals surface area contributed by atoms with Gasteiger partial charge in [0.05, 0.1) is 10.6 Å². The van der Waals surface area contributed by atoms with E-state index in [0.29, 0.717) is 22.8 Å². The molecule has 27 heavy (non-hydrogen) atoms. The third kappa shape index (κ3) is 6.70. The van der Waals surface area contributed by atoms with Gasteiger partial charge < -0.3 is 15.4 Å². The zero-order chi connectivity index (χ0) is 20.0. The SMILES string of the molecule is C[C@H](NCc1cccc(NC(=O)c2ccccc2Cl)c1)C(=O)OC(C)(C)C. The molecular formula is C21H25ClN2O3. The Hall–Kier alpha value is -2.37. The van der Waals surface area contributed by atoms with Gasteiger partial charge in [-0.3, -0.25) is 9.59 Å². The number of benzene rings is 2. The van der Waals surface area contributed by atoms with Gasteiger partial charge in [0.1, 0.15) is 11.6 Å². The van der Waals surface area contributed by atoms with Crippen LogP contribution in [0.25, 0.3) is 0 Å². The van der Waals surface area contributed by atoms with Crippen LogP contribution in [0, 0.1) is 0 Å². The number of esters is 1. The van der Waals surface area contributed by atoms with Gasteiger partial charge in [0.15, 0.2) is 0 Å². The Morgan fingerprint density at radius 1 is 1.11 bits per heavy atom. The highest BCUT2D eigenvalue weighted by Gasteiger charge is 2.21. The third-order valence-electron chi connectivity index (χ3n) is 3.68. The normalized spacial score (nSPS) is 12.3. The van der Waals surface area contributed by atoms with Crippen molar-refractivity contribution < 1.29 is 14.3 Å². The summed E-state index contributed by atoms with van der Waals surface area (Å²) in [6.07, 6.45) is 0. The van der Waals surface area contributed by atoms with Gasteiger partial charge in [-0.15, -0.1) is 0 Å². The summed E-state index contributed by atoms with van der Waals surface area (Å²) in [5.74, 6) is -0.571. The first-order chi connectivity index (χ1) is 12.7. The molecule has 0 heterocycles. The molecule has 0 bridgehead atoms. The monoisotopic (exact) mass is 388 g/mol. The van der Waals surface area contributed by atoms with Gasteiger partial charge in [-0.25, -0.2) is 0 Å². The van der Waals surface area contributed by atoms with Crippen LogP contribution in [0.4, 0.5) is 5.69 Å². The fourth-order valence-corrected chi connectivity index (χ4v) is 2.57. The average molecular weight is 389 g/mol. The number of anilines is 1. The minimum Gasteiger partial charge on any atom is -0.459 e. The molecule has 2 N–H and O–H groups in total. The van der Waals surface area contributed by atoms with Crippen molar-refractivity contribution in [2.45, 2.75) is 45.9 Å². The van der Waals surface area contributed by atoms with E-state index in [4.69, 9.17) is 16.3 Å². The number of nitrogens with one attached hydrogen (secondary N) is 2. The van der Waals surface area contributed by atoms with Gasteiger partial charge >= 0.3 is 5.97 Å². The minimum atomic E-state index is -0.518. The zero-order valence-electron chi connectivity index (χ0n) is 16.0. The Labute approximate surface area is 165 Å². The second-order valence-corrected chi connectivity index (χ2v) is 7.68. The van der Waals surface area contributed by atoms with Crippen LogP contribution >= 0.6 is 11.6 Å². The molecule has 0 spiro atoms. The first-order valence-electron chi connectivity index (χ1n) is 8.77. The number of hydrogen-bond acceptors (Lipinski definition) is 4. The van der Waals surface area contributed by atoms with Crippen LogP contribution in [-0.2, 0) is 16.1 Å². The first-order valence-corrected chi connectivity index (χ1v) is 9.14. The standard InChI is InChI=1S/C21H25ClN2O3/c1-14(20(26)27-21(2,3)4)23-13-15-8-7-9-16(12-15)24-19(25)17-10-5-6-11-18(17)22/h5-12,14,23H,13H2,1-4H3,(H,24,25)/t14-/m0/s1. The highest BCUT2D eigenvalue weighted by molar-refractivity contribution is 6.34. The van der Waals surface area contributed by atoms with E-state index in [1.165, 1.54) is 0 Å². The van der Waals surface area contributed by atoms with Crippen molar-refractivity contribution in [2.75, 3.05) is 5.32 Å². The number of amides is 1. The zero-order valence-corrected chi connectivity index (χ0v) is 16.8. The molecule has 2 rings (SSSR count). The lowest BCUT2D eigenvalue weighted by Crippen LogP contribution is -2.38. The van der Waals surface area contributed by atoms with Crippen molar-refractivity contribution in [1.82, 2.24) is 5.32 Å². The average Bonchev–Trinajstić information content (AvgIpc) is 2.58. The second kappa shape index (κ2) is 9.02. The van der Waals surface area contributed by atoms with Gasteiger partial charge in [-0.2, -0.15) is 0 Å². The Morgan fingerprint density at radius 2 is 1.81 bits per heavy atom. The molecule has 0 aliphatic carbocycles. The predicted octanol–water partition coefficient (Wildman–Crippen LogP) is 4.41. The summed E-state index contributed by atoms with van der Waals surface area (Å²) in [6, 6.07) is 13.9. The molecule has 1 amide bonds. The fourth-order valence-electron chi connectivity index (χ4n) is 2.35. The van der Waals surface area contributed by atoms with E-state index in [0.717, 1.165) is 5.56 Å². The van der Waals surface area contributed by atoms with Gasteiger partial charge in [0, 0.05) is 12.2 Å². The lowest BCUT2D eigenvalue weighted by Gasteiger charge is -2.22. The maximum atomic E-state index is 12.4. The lowest BCUT2D eigenvalue weighted by molar-refractivity contribution is -0.157. The van der Waals surface area contributed by atoms with Gasteiger partial charge in [-0.1, -0.05) is 35.9 Å². The Bertz CT molecular complexity index is 815. The van der Waals surface area contributed by atoms with Crippen LogP contribution in [0.2, 0.25) is 5.02 Å².